The molecule has 0 spiro atoms. The molecule has 102 valence electrons. The first kappa shape index (κ1) is 13.7. The van der Waals surface area contributed by atoms with E-state index in [1.54, 1.807) is 0 Å². The Balaban J connectivity index is 2.13. The van der Waals surface area contributed by atoms with Crippen LogP contribution in [0.4, 0.5) is 5.13 Å². The molecule has 1 aromatic heterocycles. The number of hydrogen-bond acceptors (Lipinski definition) is 6. The number of morpholine rings is 1. The van der Waals surface area contributed by atoms with Gasteiger partial charge >= 0.3 is 0 Å². The summed E-state index contributed by atoms with van der Waals surface area (Å²) in [6, 6.07) is 0. The lowest BCUT2D eigenvalue weighted by molar-refractivity contribution is -0.0421. The first-order valence-electron chi connectivity index (χ1n) is 6.25. The normalized spacial score (nSPS) is 25.5. The molecule has 0 bridgehead atoms. The number of rotatable bonds is 2. The van der Waals surface area contributed by atoms with Gasteiger partial charge in [0, 0.05) is 30.0 Å². The van der Waals surface area contributed by atoms with E-state index in [1.807, 2.05) is 6.92 Å². The lowest BCUT2D eigenvalue weighted by Crippen LogP contribution is -2.48. The largest absolute Gasteiger partial charge is 0.394 e. The van der Waals surface area contributed by atoms with Gasteiger partial charge in [0.15, 0.2) is 0 Å². The minimum Gasteiger partial charge on any atom is -0.394 e. The molecule has 0 saturated carbocycles. The first-order valence-corrected chi connectivity index (χ1v) is 7.03. The molecule has 1 aliphatic rings. The highest BCUT2D eigenvalue weighted by atomic mass is 32.1. The minimum absolute atomic E-state index is 0.0248. The highest BCUT2D eigenvalue weighted by molar-refractivity contribution is 7.09. The van der Waals surface area contributed by atoms with Gasteiger partial charge in [0.25, 0.3) is 0 Å². The number of hydrogen-bond donors (Lipinski definition) is 1. The van der Waals surface area contributed by atoms with Gasteiger partial charge < -0.3 is 14.7 Å². The Hall–Kier alpha value is -0.720. The molecule has 2 rings (SSSR count). The SMILES string of the molecule is CC1CN(c2nc(C(C)(C)C)ns2)CC(CO)O1. The highest BCUT2D eigenvalue weighted by Gasteiger charge is 2.28. The number of aliphatic hydroxyl groups is 1. The molecule has 6 heteroatoms. The second-order valence-corrected chi connectivity index (χ2v) is 6.54. The fourth-order valence-electron chi connectivity index (χ4n) is 1.95. The summed E-state index contributed by atoms with van der Waals surface area (Å²) >= 11 is 1.43. The van der Waals surface area contributed by atoms with E-state index in [9.17, 15) is 5.11 Å². The van der Waals surface area contributed by atoms with Crippen LogP contribution in [0.1, 0.15) is 33.5 Å². The van der Waals surface area contributed by atoms with Crippen LogP contribution in [-0.2, 0) is 10.2 Å². The van der Waals surface area contributed by atoms with Crippen LogP contribution in [0.3, 0.4) is 0 Å². The monoisotopic (exact) mass is 271 g/mol. The van der Waals surface area contributed by atoms with Gasteiger partial charge in [0.05, 0.1) is 18.8 Å². The fraction of sp³-hybridized carbons (Fsp3) is 0.833. The van der Waals surface area contributed by atoms with Gasteiger partial charge in [-0.1, -0.05) is 20.8 Å². The van der Waals surface area contributed by atoms with Crippen molar-refractivity contribution >= 4 is 16.7 Å². The van der Waals surface area contributed by atoms with Gasteiger partial charge in [-0.3, -0.25) is 0 Å². The summed E-state index contributed by atoms with van der Waals surface area (Å²) in [5.41, 5.74) is -0.0248. The van der Waals surface area contributed by atoms with Crippen molar-refractivity contribution in [3.05, 3.63) is 5.82 Å². The Morgan fingerprint density at radius 2 is 2.17 bits per heavy atom. The van der Waals surface area contributed by atoms with E-state index in [-0.39, 0.29) is 24.2 Å². The topological polar surface area (TPSA) is 58.5 Å². The van der Waals surface area contributed by atoms with Crippen molar-refractivity contribution < 1.29 is 9.84 Å². The predicted molar refractivity (Wildman–Crippen MR) is 72.2 cm³/mol. The van der Waals surface area contributed by atoms with Crippen LogP contribution in [0, 0.1) is 0 Å². The molecule has 5 nitrogen and oxygen atoms in total. The molecule has 1 aromatic rings. The number of aliphatic hydroxyl groups excluding tert-OH is 1. The molecule has 0 aromatic carbocycles. The zero-order chi connectivity index (χ0) is 13.3. The standard InChI is InChI=1S/C12H21N3O2S/c1-8-5-15(6-9(7-16)17-8)11-13-10(14-18-11)12(2,3)4/h8-9,16H,5-7H2,1-4H3. The van der Waals surface area contributed by atoms with Gasteiger partial charge in [0.1, 0.15) is 5.82 Å². The average molecular weight is 271 g/mol. The van der Waals surface area contributed by atoms with Crippen LogP contribution in [0.5, 0.6) is 0 Å². The molecular weight excluding hydrogens is 250 g/mol. The second kappa shape index (κ2) is 5.11. The minimum atomic E-state index is -0.129. The van der Waals surface area contributed by atoms with Crippen LogP contribution < -0.4 is 4.90 Å². The Labute approximate surface area is 112 Å². The van der Waals surface area contributed by atoms with E-state index < -0.39 is 0 Å². The molecule has 2 unspecified atom stereocenters. The second-order valence-electron chi connectivity index (χ2n) is 5.81. The van der Waals surface area contributed by atoms with Crippen LogP contribution in [-0.4, -0.2) is 46.4 Å². The van der Waals surface area contributed by atoms with Crippen LogP contribution >= 0.6 is 11.5 Å². The van der Waals surface area contributed by atoms with Gasteiger partial charge in [-0.05, 0) is 6.92 Å². The molecule has 2 atom stereocenters. The average Bonchev–Trinajstić information content (AvgIpc) is 2.77. The summed E-state index contributed by atoms with van der Waals surface area (Å²) < 4.78 is 10.1. The maximum atomic E-state index is 9.22. The van der Waals surface area contributed by atoms with Gasteiger partial charge in [-0.25, -0.2) is 4.98 Å². The Bertz CT molecular complexity index is 402. The maximum Gasteiger partial charge on any atom is 0.205 e. The van der Waals surface area contributed by atoms with Gasteiger partial charge in [0.2, 0.25) is 5.13 Å². The van der Waals surface area contributed by atoms with E-state index >= 15 is 0 Å². The summed E-state index contributed by atoms with van der Waals surface area (Å²) in [6.07, 6.45) is -0.0198. The first-order chi connectivity index (χ1) is 8.40. The van der Waals surface area contributed by atoms with Crippen LogP contribution in [0.25, 0.3) is 0 Å². The molecule has 0 aliphatic carbocycles. The Morgan fingerprint density at radius 1 is 1.44 bits per heavy atom. The Kier molecular flexibility index (Phi) is 3.89. The molecule has 18 heavy (non-hydrogen) atoms. The lowest BCUT2D eigenvalue weighted by atomic mass is 9.96. The summed E-state index contributed by atoms with van der Waals surface area (Å²) in [5, 5.41) is 10.1. The van der Waals surface area contributed by atoms with Crippen molar-refractivity contribution in [1.29, 1.82) is 0 Å². The predicted octanol–water partition coefficient (Wildman–Crippen LogP) is 1.42. The van der Waals surface area contributed by atoms with E-state index in [0.29, 0.717) is 6.54 Å². The molecule has 1 fully saturated rings. The fourth-order valence-corrected chi connectivity index (χ4v) is 2.83. The lowest BCUT2D eigenvalue weighted by Gasteiger charge is -2.35. The number of anilines is 1. The summed E-state index contributed by atoms with van der Waals surface area (Å²) in [6.45, 7) is 9.87. The molecule has 1 saturated heterocycles. The van der Waals surface area contributed by atoms with Crippen molar-refractivity contribution in [2.45, 2.75) is 45.3 Å². The number of ether oxygens (including phenoxy) is 1. The van der Waals surface area contributed by atoms with E-state index in [4.69, 9.17) is 4.74 Å². The molecule has 2 heterocycles. The molecule has 1 N–H and O–H groups in total. The summed E-state index contributed by atoms with van der Waals surface area (Å²) in [4.78, 5) is 6.76. The third kappa shape index (κ3) is 2.99. The van der Waals surface area contributed by atoms with Crippen molar-refractivity contribution in [2.24, 2.45) is 0 Å². The third-order valence-electron chi connectivity index (χ3n) is 2.89. The van der Waals surface area contributed by atoms with Crippen molar-refractivity contribution in [2.75, 3.05) is 24.6 Å². The van der Waals surface area contributed by atoms with Crippen LogP contribution in [0.15, 0.2) is 0 Å². The molecule has 0 amide bonds. The van der Waals surface area contributed by atoms with E-state index in [1.165, 1.54) is 11.5 Å². The van der Waals surface area contributed by atoms with Crippen molar-refractivity contribution in [3.63, 3.8) is 0 Å². The number of nitrogens with zero attached hydrogens (tertiary/aromatic N) is 3. The van der Waals surface area contributed by atoms with Gasteiger partial charge in [-0.2, -0.15) is 4.37 Å². The maximum absolute atomic E-state index is 9.22. The zero-order valence-electron chi connectivity index (χ0n) is 11.4. The smallest absolute Gasteiger partial charge is 0.205 e. The quantitative estimate of drug-likeness (QED) is 0.881. The molecule has 1 aliphatic heterocycles. The van der Waals surface area contributed by atoms with E-state index in [0.717, 1.165) is 17.5 Å². The Morgan fingerprint density at radius 3 is 2.72 bits per heavy atom. The van der Waals surface area contributed by atoms with Crippen molar-refractivity contribution in [1.82, 2.24) is 9.36 Å². The third-order valence-corrected chi connectivity index (χ3v) is 3.66. The highest BCUT2D eigenvalue weighted by Crippen LogP contribution is 2.27. The summed E-state index contributed by atoms with van der Waals surface area (Å²) in [5.74, 6) is 0.877. The number of aromatic nitrogens is 2. The van der Waals surface area contributed by atoms with E-state index in [2.05, 4.69) is 35.0 Å². The van der Waals surface area contributed by atoms with Gasteiger partial charge in [-0.15, -0.1) is 0 Å². The zero-order valence-corrected chi connectivity index (χ0v) is 12.2. The van der Waals surface area contributed by atoms with Crippen molar-refractivity contribution in [3.8, 4) is 0 Å². The molecule has 0 radical (unpaired) electrons. The van der Waals surface area contributed by atoms with Crippen LogP contribution in [0.2, 0.25) is 0 Å². The summed E-state index contributed by atoms with van der Waals surface area (Å²) in [7, 11) is 0. The molecular formula is C12H21N3O2S.